The number of benzene rings is 4. The van der Waals surface area contributed by atoms with E-state index >= 15 is 0 Å². The van der Waals surface area contributed by atoms with Crippen LogP contribution < -0.4 is 0 Å². The Kier molecular flexibility index (Phi) is 7.43. The number of aromatic amines is 6. The van der Waals surface area contributed by atoms with Crippen LogP contribution in [-0.4, -0.2) is 91.8 Å². The van der Waals surface area contributed by atoms with Gasteiger partial charge in [-0.1, -0.05) is 0 Å². The second-order valence-corrected chi connectivity index (χ2v) is 18.3. The summed E-state index contributed by atoms with van der Waals surface area (Å²) in [4.78, 5) is 26.1. The molecule has 0 amide bonds. The molecule has 24 heteroatoms. The molecule has 0 unspecified atom stereocenters. The van der Waals surface area contributed by atoms with Gasteiger partial charge in [0.15, 0.2) is 0 Å². The topological polar surface area (TPSA) is 338 Å². The lowest BCUT2D eigenvalue weighted by molar-refractivity contribution is 0.481. The quantitative estimate of drug-likeness (QED) is 0.105. The summed E-state index contributed by atoms with van der Waals surface area (Å²) in [6, 6.07) is 14.7. The molecule has 4 aromatic carbocycles. The van der Waals surface area contributed by atoms with Gasteiger partial charge in [-0.05, 0) is 72.8 Å². The lowest BCUT2D eigenvalue weighted by Gasteiger charge is -1.98. The number of hydrogen-bond donors (Lipinski definition) is 10. The number of fused-ring (bicyclic) bond motifs is 20. The van der Waals surface area contributed by atoms with Crippen molar-refractivity contribution in [2.24, 2.45) is 0 Å². The molecule has 5 aromatic heterocycles. The van der Waals surface area contributed by atoms with Gasteiger partial charge < -0.3 is 29.9 Å². The molecule has 0 saturated carbocycles. The van der Waals surface area contributed by atoms with Crippen molar-refractivity contribution >= 4 is 129 Å². The highest BCUT2D eigenvalue weighted by atomic mass is 32.2. The van der Waals surface area contributed by atoms with E-state index in [1.54, 1.807) is 0 Å². The fourth-order valence-corrected chi connectivity index (χ4v) is 8.65. The molecule has 0 fully saturated rings. The Morgan fingerprint density at radius 1 is 0.321 bits per heavy atom. The predicted octanol–water partition coefficient (Wildman–Crippen LogP) is 4.91. The van der Waals surface area contributed by atoms with E-state index in [1.807, 2.05) is 0 Å². The second-order valence-electron chi connectivity index (χ2n) is 12.6. The largest absolute Gasteiger partial charge is 0.327 e. The maximum Gasteiger partial charge on any atom is 0.294 e. The van der Waals surface area contributed by atoms with Crippen LogP contribution in [-0.2, 0) is 40.5 Å². The number of rotatable bonds is 4. The van der Waals surface area contributed by atoms with Gasteiger partial charge in [-0.15, -0.1) is 0 Å². The SMILES string of the molecule is O=S(=O)(O)c1ccc2c3nc4[nH]c([nH]c5[nH]c([nH]c6[nH]c(nc([nH]3)c2c1)c1ccc(S(=O)(=O)O)cc61)c1ccc(S(=O)(=O)O)cc51)c1ccc(S(=O)(=O)O)cc41. The fraction of sp³-hybridized carbons (Fsp3) is 0. The van der Waals surface area contributed by atoms with E-state index < -0.39 is 60.1 Å². The normalized spacial score (nSPS) is 13.2. The number of aromatic nitrogens is 8. The van der Waals surface area contributed by atoms with Crippen molar-refractivity contribution in [2.75, 3.05) is 0 Å². The molecule has 0 spiro atoms. The summed E-state index contributed by atoms with van der Waals surface area (Å²) >= 11 is 0. The minimum absolute atomic E-state index is 0.00286. The molecule has 0 aliphatic rings. The molecule has 20 nitrogen and oxygen atoms in total. The summed E-state index contributed by atoms with van der Waals surface area (Å²) in [6.07, 6.45) is 0. The average molecular weight is 839 g/mol. The van der Waals surface area contributed by atoms with E-state index in [-0.39, 0.29) is 72.1 Å². The van der Waals surface area contributed by atoms with E-state index in [4.69, 9.17) is 9.97 Å². The van der Waals surface area contributed by atoms with Crippen molar-refractivity contribution < 1.29 is 51.9 Å². The maximum atomic E-state index is 12.2. The molecule has 9 rings (SSSR count). The Hall–Kier alpha value is -6.12. The third-order valence-corrected chi connectivity index (χ3v) is 12.6. The van der Waals surface area contributed by atoms with Gasteiger partial charge in [0.2, 0.25) is 0 Å². The number of nitrogens with zero attached hydrogens (tertiary/aromatic N) is 2. The monoisotopic (exact) mass is 838 g/mol. The summed E-state index contributed by atoms with van der Waals surface area (Å²) in [7, 11) is -18.8. The molecule has 10 N–H and O–H groups in total. The molecular weight excluding hydrogens is 817 g/mol. The molecule has 5 heterocycles. The minimum atomic E-state index is -4.71. The van der Waals surface area contributed by atoms with E-state index in [0.717, 1.165) is 36.4 Å². The van der Waals surface area contributed by atoms with Gasteiger partial charge in [-0.2, -0.15) is 33.7 Å². The van der Waals surface area contributed by atoms with Gasteiger partial charge in [-0.3, -0.25) is 18.2 Å². The van der Waals surface area contributed by atoms with Crippen molar-refractivity contribution in [2.45, 2.75) is 19.6 Å². The van der Waals surface area contributed by atoms with Crippen molar-refractivity contribution in [1.29, 1.82) is 0 Å². The number of hydrogen-bond acceptors (Lipinski definition) is 10. The van der Waals surface area contributed by atoms with Crippen molar-refractivity contribution in [3.05, 3.63) is 72.8 Å². The van der Waals surface area contributed by atoms with Crippen LogP contribution in [0, 0.1) is 0 Å². The Bertz CT molecular complexity index is 3330. The van der Waals surface area contributed by atoms with E-state index in [2.05, 4.69) is 29.9 Å². The summed E-state index contributed by atoms with van der Waals surface area (Å²) < 4.78 is 137. The van der Waals surface area contributed by atoms with E-state index in [9.17, 15) is 51.9 Å². The van der Waals surface area contributed by atoms with Crippen LogP contribution in [0.15, 0.2) is 92.4 Å². The van der Waals surface area contributed by atoms with Gasteiger partial charge in [0.05, 0.1) is 19.6 Å². The minimum Gasteiger partial charge on any atom is -0.327 e. The van der Waals surface area contributed by atoms with Crippen LogP contribution >= 0.6 is 0 Å². The third kappa shape index (κ3) is 5.87. The zero-order chi connectivity index (χ0) is 39.7. The number of H-pyrrole nitrogens is 6. The van der Waals surface area contributed by atoms with Crippen molar-refractivity contribution in [3.8, 4) is 0 Å². The van der Waals surface area contributed by atoms with Crippen LogP contribution in [0.2, 0.25) is 0 Å². The van der Waals surface area contributed by atoms with Crippen molar-refractivity contribution in [1.82, 2.24) is 39.9 Å². The van der Waals surface area contributed by atoms with E-state index in [0.29, 0.717) is 16.2 Å². The first-order valence-electron chi connectivity index (χ1n) is 15.7. The Morgan fingerprint density at radius 2 is 0.589 bits per heavy atom. The van der Waals surface area contributed by atoms with Crippen LogP contribution in [0.25, 0.3) is 88.3 Å². The van der Waals surface area contributed by atoms with Crippen LogP contribution in [0.1, 0.15) is 0 Å². The van der Waals surface area contributed by atoms with Crippen LogP contribution in [0.4, 0.5) is 0 Å². The average Bonchev–Trinajstić information content (AvgIpc) is 3.84. The molecule has 0 atom stereocenters. The first-order chi connectivity index (χ1) is 26.2. The highest BCUT2D eigenvalue weighted by Gasteiger charge is 2.19. The smallest absolute Gasteiger partial charge is 0.294 e. The Balaban J connectivity index is 1.56. The van der Waals surface area contributed by atoms with Gasteiger partial charge in [0.25, 0.3) is 40.5 Å². The predicted molar refractivity (Wildman–Crippen MR) is 203 cm³/mol. The molecule has 0 radical (unpaired) electrons. The fourth-order valence-electron chi connectivity index (χ4n) is 6.62. The first kappa shape index (κ1) is 35.6. The maximum absolute atomic E-state index is 12.2. The lowest BCUT2D eigenvalue weighted by atomic mass is 10.2. The zero-order valence-corrected chi connectivity index (χ0v) is 30.8. The third-order valence-electron chi connectivity index (χ3n) is 9.17. The molecule has 286 valence electrons. The molecule has 9 aromatic rings. The first-order valence-corrected chi connectivity index (χ1v) is 21.5. The van der Waals surface area contributed by atoms with Crippen LogP contribution in [0.5, 0.6) is 0 Å². The van der Waals surface area contributed by atoms with Crippen molar-refractivity contribution in [3.63, 3.8) is 0 Å². The zero-order valence-electron chi connectivity index (χ0n) is 27.5. The molecule has 8 bridgehead atoms. The van der Waals surface area contributed by atoms with Gasteiger partial charge in [0, 0.05) is 43.1 Å². The summed E-state index contributed by atoms with van der Waals surface area (Å²) in [5.74, 6) is 0. The lowest BCUT2D eigenvalue weighted by Crippen LogP contribution is -1.97. The molecule has 56 heavy (non-hydrogen) atoms. The molecule has 0 aliphatic heterocycles. The Labute approximate surface area is 311 Å². The second kappa shape index (κ2) is 11.7. The van der Waals surface area contributed by atoms with Gasteiger partial charge in [-0.25, -0.2) is 9.97 Å². The number of nitrogens with one attached hydrogen (secondary N) is 6. The van der Waals surface area contributed by atoms with Crippen LogP contribution in [0.3, 0.4) is 0 Å². The van der Waals surface area contributed by atoms with E-state index in [1.165, 1.54) is 36.4 Å². The highest BCUT2D eigenvalue weighted by molar-refractivity contribution is 7.86. The molecule has 0 aliphatic carbocycles. The Morgan fingerprint density at radius 3 is 1.05 bits per heavy atom. The summed E-state index contributed by atoms with van der Waals surface area (Å²) in [6.45, 7) is 0. The molecular formula is C32H22N8O12S4. The summed E-state index contributed by atoms with van der Waals surface area (Å²) in [5.41, 5.74) is 0.801. The van der Waals surface area contributed by atoms with Gasteiger partial charge in [0.1, 0.15) is 45.2 Å². The molecule has 0 saturated heterocycles. The van der Waals surface area contributed by atoms with Gasteiger partial charge >= 0.3 is 0 Å². The summed E-state index contributed by atoms with van der Waals surface area (Å²) in [5, 5.41) is 2.00. The highest BCUT2D eigenvalue weighted by Crippen LogP contribution is 2.32. The standard InChI is InChI=1S/C32H22N8O12S4/c41-53(42,43)13-1-5-17-21(9-13)29-33-25(17)37-30-22-10-14(54(44,45)46)2-6-18(22)27(34-30)39-32-24-12-16(56(50,51)52)4-8-20(24)28(36-32)40-31-23-11-15(55(47,48)49)3-7-19(23)26(35-31)38-29/h1-12,33-35,37-38H,(H,36,39,40)(H,41,42,43)(H,44,45,46)(H,47,48,49)(H,50,51,52).